The average Bonchev–Trinajstić information content (AvgIpc) is 3.01. The molecule has 1 aromatic heterocycles. The van der Waals surface area contributed by atoms with Gasteiger partial charge < -0.3 is 10.6 Å². The number of anilines is 3. The second kappa shape index (κ2) is 7.89. The molecule has 3 aromatic rings. The van der Waals surface area contributed by atoms with Crippen LogP contribution in [0.15, 0.2) is 58.9 Å². The zero-order chi connectivity index (χ0) is 16.8. The molecule has 0 saturated carbocycles. The molecule has 0 unspecified atom stereocenters. The van der Waals surface area contributed by atoms with Crippen LogP contribution in [0, 0.1) is 5.82 Å². The number of rotatable bonds is 6. The molecule has 0 atom stereocenters. The largest absolute Gasteiger partial charge is 0.330 e. The summed E-state index contributed by atoms with van der Waals surface area (Å²) in [5, 5.41) is 14.5. The zero-order valence-electron chi connectivity index (χ0n) is 12.4. The summed E-state index contributed by atoms with van der Waals surface area (Å²) in [7, 11) is 0. The minimum absolute atomic E-state index is 0.177. The Morgan fingerprint density at radius 3 is 2.67 bits per heavy atom. The summed E-state index contributed by atoms with van der Waals surface area (Å²) in [5.41, 5.74) is 1.36. The summed E-state index contributed by atoms with van der Waals surface area (Å²) in [6.45, 7) is 0. The van der Waals surface area contributed by atoms with E-state index in [0.717, 1.165) is 5.69 Å². The number of amides is 1. The standard InChI is InChI=1S/C16H13FN4OS2/c17-11-5-4-8-13(9-11)18-14(22)10-23-16-21-20-15(24-16)19-12-6-2-1-3-7-12/h1-9H,10H2,(H,18,22)(H,19,20). The number of aromatic nitrogens is 2. The zero-order valence-corrected chi connectivity index (χ0v) is 14.0. The molecule has 122 valence electrons. The summed E-state index contributed by atoms with van der Waals surface area (Å²) in [4.78, 5) is 11.9. The first-order valence-electron chi connectivity index (χ1n) is 7.03. The Morgan fingerprint density at radius 2 is 1.88 bits per heavy atom. The number of hydrogen-bond donors (Lipinski definition) is 2. The van der Waals surface area contributed by atoms with Crippen LogP contribution in [-0.4, -0.2) is 21.9 Å². The molecule has 8 heteroatoms. The van der Waals surface area contributed by atoms with E-state index in [-0.39, 0.29) is 17.5 Å². The van der Waals surface area contributed by atoms with Gasteiger partial charge in [-0.15, -0.1) is 10.2 Å². The van der Waals surface area contributed by atoms with Crippen molar-refractivity contribution in [2.45, 2.75) is 4.34 Å². The monoisotopic (exact) mass is 360 g/mol. The quantitative estimate of drug-likeness (QED) is 0.647. The Bertz CT molecular complexity index is 826. The van der Waals surface area contributed by atoms with Crippen LogP contribution < -0.4 is 10.6 Å². The Hall–Kier alpha value is -2.45. The van der Waals surface area contributed by atoms with Crippen LogP contribution >= 0.6 is 23.1 Å². The van der Waals surface area contributed by atoms with Crippen molar-refractivity contribution < 1.29 is 9.18 Å². The Balaban J connectivity index is 1.51. The van der Waals surface area contributed by atoms with Gasteiger partial charge in [-0.1, -0.05) is 47.4 Å². The molecule has 5 nitrogen and oxygen atoms in total. The molecular formula is C16H13FN4OS2. The Morgan fingerprint density at radius 1 is 1.08 bits per heavy atom. The van der Waals surface area contributed by atoms with Gasteiger partial charge in [0.25, 0.3) is 0 Å². The van der Waals surface area contributed by atoms with Crippen molar-refractivity contribution in [2.75, 3.05) is 16.4 Å². The number of hydrogen-bond acceptors (Lipinski definition) is 6. The molecular weight excluding hydrogens is 347 g/mol. The molecule has 3 rings (SSSR count). The summed E-state index contributed by atoms with van der Waals surface area (Å²) in [6.07, 6.45) is 0. The fourth-order valence-electron chi connectivity index (χ4n) is 1.85. The first-order valence-corrected chi connectivity index (χ1v) is 8.83. The fraction of sp³-hybridized carbons (Fsp3) is 0.0625. The molecule has 2 aromatic carbocycles. The van der Waals surface area contributed by atoms with Gasteiger partial charge in [0.1, 0.15) is 5.82 Å². The van der Waals surface area contributed by atoms with E-state index >= 15 is 0 Å². The van der Waals surface area contributed by atoms with Crippen molar-refractivity contribution >= 4 is 45.5 Å². The molecule has 0 saturated heterocycles. The minimum Gasteiger partial charge on any atom is -0.330 e. The lowest BCUT2D eigenvalue weighted by atomic mass is 10.3. The third-order valence-electron chi connectivity index (χ3n) is 2.87. The van der Waals surface area contributed by atoms with Crippen LogP contribution in [0.25, 0.3) is 0 Å². The van der Waals surface area contributed by atoms with Crippen LogP contribution in [-0.2, 0) is 4.79 Å². The summed E-state index contributed by atoms with van der Waals surface area (Å²) < 4.78 is 13.8. The van der Waals surface area contributed by atoms with Gasteiger partial charge in [-0.05, 0) is 30.3 Å². The highest BCUT2D eigenvalue weighted by molar-refractivity contribution is 8.01. The van der Waals surface area contributed by atoms with Crippen molar-refractivity contribution in [3.05, 3.63) is 60.4 Å². The highest BCUT2D eigenvalue weighted by atomic mass is 32.2. The lowest BCUT2D eigenvalue weighted by molar-refractivity contribution is -0.113. The highest BCUT2D eigenvalue weighted by Crippen LogP contribution is 2.27. The SMILES string of the molecule is O=C(CSc1nnc(Nc2ccccc2)s1)Nc1cccc(F)c1. The topological polar surface area (TPSA) is 66.9 Å². The predicted molar refractivity (Wildman–Crippen MR) is 95.4 cm³/mol. The molecule has 2 N–H and O–H groups in total. The minimum atomic E-state index is -0.388. The van der Waals surface area contributed by atoms with Crippen LogP contribution in [0.4, 0.5) is 20.9 Å². The van der Waals surface area contributed by atoms with Crippen molar-refractivity contribution in [1.29, 1.82) is 0 Å². The number of nitrogens with zero attached hydrogens (tertiary/aromatic N) is 2. The van der Waals surface area contributed by atoms with Crippen LogP contribution in [0.3, 0.4) is 0 Å². The maximum absolute atomic E-state index is 13.1. The van der Waals surface area contributed by atoms with Gasteiger partial charge in [-0.3, -0.25) is 4.79 Å². The molecule has 1 heterocycles. The summed E-state index contributed by atoms with van der Waals surface area (Å²) in [5.74, 6) is -0.434. The summed E-state index contributed by atoms with van der Waals surface area (Å²) >= 11 is 2.65. The fourth-order valence-corrected chi connectivity index (χ4v) is 3.43. The molecule has 0 aliphatic heterocycles. The van der Waals surface area contributed by atoms with E-state index in [0.29, 0.717) is 15.2 Å². The first-order chi connectivity index (χ1) is 11.7. The van der Waals surface area contributed by atoms with E-state index < -0.39 is 0 Å². The van der Waals surface area contributed by atoms with Gasteiger partial charge in [0, 0.05) is 11.4 Å². The summed E-state index contributed by atoms with van der Waals surface area (Å²) in [6, 6.07) is 15.4. The van der Waals surface area contributed by atoms with Crippen molar-refractivity contribution in [2.24, 2.45) is 0 Å². The smallest absolute Gasteiger partial charge is 0.234 e. The molecule has 0 aliphatic rings. The number of carbonyl (C=O) groups excluding carboxylic acids is 1. The average molecular weight is 360 g/mol. The number of thioether (sulfide) groups is 1. The second-order valence-electron chi connectivity index (χ2n) is 4.71. The van der Waals surface area contributed by atoms with Crippen LogP contribution in [0.1, 0.15) is 0 Å². The number of benzene rings is 2. The number of nitrogens with one attached hydrogen (secondary N) is 2. The molecule has 24 heavy (non-hydrogen) atoms. The van der Waals surface area contributed by atoms with Gasteiger partial charge in [-0.25, -0.2) is 4.39 Å². The van der Waals surface area contributed by atoms with Gasteiger partial charge in [0.2, 0.25) is 11.0 Å². The van der Waals surface area contributed by atoms with Gasteiger partial charge in [0.05, 0.1) is 5.75 Å². The van der Waals surface area contributed by atoms with E-state index in [2.05, 4.69) is 20.8 Å². The lowest BCUT2D eigenvalue weighted by Crippen LogP contribution is -2.13. The molecule has 0 aliphatic carbocycles. The molecule has 0 bridgehead atoms. The normalized spacial score (nSPS) is 10.4. The maximum Gasteiger partial charge on any atom is 0.234 e. The Labute approximate surface area is 146 Å². The van der Waals surface area contributed by atoms with Crippen LogP contribution in [0.5, 0.6) is 0 Å². The van der Waals surface area contributed by atoms with Crippen molar-refractivity contribution in [3.8, 4) is 0 Å². The third-order valence-corrected chi connectivity index (χ3v) is 4.84. The van der Waals surface area contributed by atoms with Crippen molar-refractivity contribution in [1.82, 2.24) is 10.2 Å². The van der Waals surface area contributed by atoms with Gasteiger partial charge in [-0.2, -0.15) is 0 Å². The van der Waals surface area contributed by atoms with Crippen LogP contribution in [0.2, 0.25) is 0 Å². The van der Waals surface area contributed by atoms with E-state index in [1.165, 1.54) is 35.2 Å². The number of halogens is 1. The third kappa shape index (κ3) is 4.77. The van der Waals surface area contributed by atoms with E-state index in [1.807, 2.05) is 30.3 Å². The van der Waals surface area contributed by atoms with E-state index in [4.69, 9.17) is 0 Å². The molecule has 1 amide bonds. The maximum atomic E-state index is 13.1. The highest BCUT2D eigenvalue weighted by Gasteiger charge is 2.09. The van der Waals surface area contributed by atoms with Gasteiger partial charge in [0.15, 0.2) is 4.34 Å². The Kier molecular flexibility index (Phi) is 5.39. The molecule has 0 radical (unpaired) electrons. The lowest BCUT2D eigenvalue weighted by Gasteiger charge is -2.03. The molecule has 0 fully saturated rings. The van der Waals surface area contributed by atoms with Gasteiger partial charge >= 0.3 is 0 Å². The predicted octanol–water partition coefficient (Wildman–Crippen LogP) is 4.15. The van der Waals surface area contributed by atoms with Crippen molar-refractivity contribution in [3.63, 3.8) is 0 Å². The van der Waals surface area contributed by atoms with E-state index in [9.17, 15) is 9.18 Å². The first kappa shape index (κ1) is 16.4. The number of carbonyl (C=O) groups is 1. The number of para-hydroxylation sites is 1. The van der Waals surface area contributed by atoms with E-state index in [1.54, 1.807) is 12.1 Å². The second-order valence-corrected chi connectivity index (χ2v) is 6.91. The molecule has 0 spiro atoms.